The molecule has 0 aromatic carbocycles. The summed E-state index contributed by atoms with van der Waals surface area (Å²) >= 11 is 0. The second kappa shape index (κ2) is 7.34. The van der Waals surface area contributed by atoms with E-state index in [1.807, 2.05) is 7.05 Å². The molecule has 2 unspecified atom stereocenters. The summed E-state index contributed by atoms with van der Waals surface area (Å²) in [6, 6.07) is 0.653. The quantitative estimate of drug-likeness (QED) is 0.717. The molecule has 0 bridgehead atoms. The molecule has 1 saturated carbocycles. The number of nitrogens with one attached hydrogen (secondary N) is 1. The van der Waals surface area contributed by atoms with Gasteiger partial charge in [-0.15, -0.1) is 0 Å². The monoisotopic (exact) mass is 242 g/mol. The number of likely N-dealkylation sites (N-methyl/N-ethyl adjacent to an activating group) is 1. The van der Waals surface area contributed by atoms with E-state index in [4.69, 9.17) is 0 Å². The van der Waals surface area contributed by atoms with Crippen LogP contribution in [-0.4, -0.2) is 48.3 Å². The van der Waals surface area contributed by atoms with Crippen LogP contribution in [0.1, 0.15) is 52.4 Å². The first-order valence-corrected chi connectivity index (χ1v) is 7.25. The molecule has 0 aliphatic heterocycles. The Morgan fingerprint density at radius 2 is 2.18 bits per heavy atom. The normalized spacial score (nSPS) is 29.8. The van der Waals surface area contributed by atoms with Crippen molar-refractivity contribution in [2.24, 2.45) is 0 Å². The molecule has 0 amide bonds. The largest absolute Gasteiger partial charge is 0.394 e. The summed E-state index contributed by atoms with van der Waals surface area (Å²) in [5.41, 5.74) is -0.0252. The van der Waals surface area contributed by atoms with Gasteiger partial charge in [-0.05, 0) is 52.2 Å². The minimum atomic E-state index is -0.0252. The molecule has 0 aromatic rings. The molecule has 0 aromatic heterocycles. The van der Waals surface area contributed by atoms with Gasteiger partial charge in [0, 0.05) is 11.6 Å². The van der Waals surface area contributed by atoms with Crippen LogP contribution in [0.5, 0.6) is 0 Å². The molecule has 17 heavy (non-hydrogen) atoms. The third kappa shape index (κ3) is 3.94. The molecule has 2 atom stereocenters. The highest BCUT2D eigenvalue weighted by Crippen LogP contribution is 2.30. The minimum absolute atomic E-state index is 0.0252. The molecule has 1 rings (SSSR count). The maximum absolute atomic E-state index is 9.61. The lowest BCUT2D eigenvalue weighted by atomic mass is 9.79. The fourth-order valence-corrected chi connectivity index (χ4v) is 3.05. The average molecular weight is 242 g/mol. The van der Waals surface area contributed by atoms with Crippen molar-refractivity contribution in [1.82, 2.24) is 10.2 Å². The van der Waals surface area contributed by atoms with Crippen molar-refractivity contribution < 1.29 is 5.11 Å². The highest BCUT2D eigenvalue weighted by molar-refractivity contribution is 4.95. The van der Waals surface area contributed by atoms with Gasteiger partial charge in [0.1, 0.15) is 0 Å². The number of aliphatic hydroxyl groups is 1. The number of nitrogens with zero attached hydrogens (tertiary/aromatic N) is 1. The van der Waals surface area contributed by atoms with E-state index < -0.39 is 0 Å². The van der Waals surface area contributed by atoms with Crippen molar-refractivity contribution in [3.8, 4) is 0 Å². The van der Waals surface area contributed by atoms with Gasteiger partial charge in [0.05, 0.1) is 6.61 Å². The van der Waals surface area contributed by atoms with Crippen molar-refractivity contribution in [2.75, 3.05) is 26.7 Å². The molecule has 3 nitrogen and oxygen atoms in total. The fourth-order valence-electron chi connectivity index (χ4n) is 3.05. The van der Waals surface area contributed by atoms with Crippen molar-refractivity contribution in [3.05, 3.63) is 0 Å². The molecule has 3 heteroatoms. The van der Waals surface area contributed by atoms with Gasteiger partial charge in [-0.1, -0.05) is 20.3 Å². The molecule has 0 heterocycles. The van der Waals surface area contributed by atoms with E-state index in [1.54, 1.807) is 0 Å². The Balaban J connectivity index is 2.57. The predicted molar refractivity (Wildman–Crippen MR) is 73.3 cm³/mol. The standard InChI is InChI=1S/C14H30N2O/c1-4-6-10-16(5-2)13-8-7-9-14(11-13,12-17)15-3/h13,15,17H,4-12H2,1-3H3. The first kappa shape index (κ1) is 14.9. The summed E-state index contributed by atoms with van der Waals surface area (Å²) in [5.74, 6) is 0. The molecule has 2 N–H and O–H groups in total. The predicted octanol–water partition coefficient (Wildman–Crippen LogP) is 2.00. The van der Waals surface area contributed by atoms with Gasteiger partial charge in [-0.3, -0.25) is 0 Å². The van der Waals surface area contributed by atoms with Gasteiger partial charge >= 0.3 is 0 Å². The maximum atomic E-state index is 9.61. The summed E-state index contributed by atoms with van der Waals surface area (Å²) in [5, 5.41) is 13.0. The summed E-state index contributed by atoms with van der Waals surface area (Å²) < 4.78 is 0. The topological polar surface area (TPSA) is 35.5 Å². The van der Waals surface area contributed by atoms with Crippen LogP contribution in [0.4, 0.5) is 0 Å². The van der Waals surface area contributed by atoms with Crippen LogP contribution in [0.15, 0.2) is 0 Å². The van der Waals surface area contributed by atoms with E-state index in [-0.39, 0.29) is 12.1 Å². The molecule has 0 spiro atoms. The lowest BCUT2D eigenvalue weighted by molar-refractivity contribution is 0.0653. The zero-order valence-electron chi connectivity index (χ0n) is 11.8. The van der Waals surface area contributed by atoms with Crippen LogP contribution >= 0.6 is 0 Å². The SMILES string of the molecule is CCCCN(CC)C1CCCC(CO)(NC)C1. The van der Waals surface area contributed by atoms with E-state index in [0.29, 0.717) is 6.04 Å². The number of aliphatic hydroxyl groups excluding tert-OH is 1. The molecular weight excluding hydrogens is 212 g/mol. The molecule has 0 saturated heterocycles. The lowest BCUT2D eigenvalue weighted by Gasteiger charge is -2.43. The zero-order chi connectivity index (χ0) is 12.7. The van der Waals surface area contributed by atoms with E-state index in [2.05, 4.69) is 24.1 Å². The first-order valence-electron chi connectivity index (χ1n) is 7.25. The summed E-state index contributed by atoms with van der Waals surface area (Å²) in [6.45, 7) is 7.12. The van der Waals surface area contributed by atoms with Crippen molar-refractivity contribution in [1.29, 1.82) is 0 Å². The highest BCUT2D eigenvalue weighted by Gasteiger charge is 2.36. The Morgan fingerprint density at radius 3 is 2.71 bits per heavy atom. The number of unbranched alkanes of at least 4 members (excludes halogenated alkanes) is 1. The van der Waals surface area contributed by atoms with E-state index >= 15 is 0 Å². The van der Waals surface area contributed by atoms with Crippen LogP contribution in [0, 0.1) is 0 Å². The van der Waals surface area contributed by atoms with Gasteiger partial charge < -0.3 is 15.3 Å². The fraction of sp³-hybridized carbons (Fsp3) is 1.00. The molecule has 102 valence electrons. The number of rotatable bonds is 7. The van der Waals surface area contributed by atoms with Crippen LogP contribution in [-0.2, 0) is 0 Å². The van der Waals surface area contributed by atoms with Gasteiger partial charge in [0.25, 0.3) is 0 Å². The first-order chi connectivity index (χ1) is 8.21. The minimum Gasteiger partial charge on any atom is -0.394 e. The van der Waals surface area contributed by atoms with Crippen molar-refractivity contribution in [3.63, 3.8) is 0 Å². The molecule has 1 aliphatic carbocycles. The summed E-state index contributed by atoms with van der Waals surface area (Å²) in [6.07, 6.45) is 7.28. The molecular formula is C14H30N2O. The van der Waals surface area contributed by atoms with Gasteiger partial charge in [0.2, 0.25) is 0 Å². The lowest BCUT2D eigenvalue weighted by Crippen LogP contribution is -2.54. The second-order valence-corrected chi connectivity index (χ2v) is 5.42. The highest BCUT2D eigenvalue weighted by atomic mass is 16.3. The Bertz CT molecular complexity index is 204. The Hall–Kier alpha value is -0.120. The maximum Gasteiger partial charge on any atom is 0.0613 e. The number of hydrogen-bond donors (Lipinski definition) is 2. The summed E-state index contributed by atoms with van der Waals surface area (Å²) in [4.78, 5) is 2.60. The molecule has 1 fully saturated rings. The van der Waals surface area contributed by atoms with Crippen LogP contribution in [0.2, 0.25) is 0 Å². The van der Waals surface area contributed by atoms with Gasteiger partial charge in [0.15, 0.2) is 0 Å². The number of hydrogen-bond acceptors (Lipinski definition) is 3. The smallest absolute Gasteiger partial charge is 0.0613 e. The van der Waals surface area contributed by atoms with Crippen molar-refractivity contribution >= 4 is 0 Å². The third-order valence-corrected chi connectivity index (χ3v) is 4.37. The van der Waals surface area contributed by atoms with E-state index in [0.717, 1.165) is 19.4 Å². The van der Waals surface area contributed by atoms with E-state index in [1.165, 1.54) is 32.2 Å². The Labute approximate surface area is 107 Å². The van der Waals surface area contributed by atoms with Gasteiger partial charge in [-0.25, -0.2) is 0 Å². The molecule has 0 radical (unpaired) electrons. The summed E-state index contributed by atoms with van der Waals surface area (Å²) in [7, 11) is 1.99. The zero-order valence-corrected chi connectivity index (χ0v) is 11.8. The average Bonchev–Trinajstić information content (AvgIpc) is 2.40. The van der Waals surface area contributed by atoms with Crippen LogP contribution < -0.4 is 5.32 Å². The Kier molecular flexibility index (Phi) is 6.45. The van der Waals surface area contributed by atoms with Crippen molar-refractivity contribution in [2.45, 2.75) is 64.0 Å². The molecule has 1 aliphatic rings. The van der Waals surface area contributed by atoms with E-state index in [9.17, 15) is 5.11 Å². The second-order valence-electron chi connectivity index (χ2n) is 5.42. The Morgan fingerprint density at radius 1 is 1.41 bits per heavy atom. The van der Waals surface area contributed by atoms with Gasteiger partial charge in [-0.2, -0.15) is 0 Å². The van der Waals surface area contributed by atoms with Crippen LogP contribution in [0.25, 0.3) is 0 Å². The van der Waals surface area contributed by atoms with Crippen LogP contribution in [0.3, 0.4) is 0 Å². The third-order valence-electron chi connectivity index (χ3n) is 4.37.